The molecule has 1 aromatic heterocycles. The van der Waals surface area contributed by atoms with Crippen LogP contribution in [-0.2, 0) is 11.2 Å². The molecule has 1 aromatic rings. The molecule has 0 aliphatic heterocycles. The maximum atomic E-state index is 11.7. The van der Waals surface area contributed by atoms with Gasteiger partial charge in [-0.05, 0) is 12.8 Å². The minimum absolute atomic E-state index is 0.0828. The zero-order chi connectivity index (χ0) is 15.5. The van der Waals surface area contributed by atoms with Crippen molar-refractivity contribution in [3.63, 3.8) is 0 Å². The number of carbonyl (C=O) groups is 1. The first kappa shape index (κ1) is 15.5. The van der Waals surface area contributed by atoms with Gasteiger partial charge in [-0.1, -0.05) is 26.2 Å². The summed E-state index contributed by atoms with van der Waals surface area (Å²) >= 11 is 0. The van der Waals surface area contributed by atoms with Gasteiger partial charge < -0.3 is 15.0 Å². The van der Waals surface area contributed by atoms with Crippen LogP contribution in [0, 0.1) is 0 Å². The standard InChI is InChI=1S/C15H23N3O3/c1-3-11-16-12(9-13(19)17-11)18(2)15(10-14(20)21)7-5-4-6-8-15/h9H,3-8,10H2,1-2H3,(H,20,21)(H,16,17,19). The summed E-state index contributed by atoms with van der Waals surface area (Å²) in [6.07, 6.45) is 5.54. The van der Waals surface area contributed by atoms with Gasteiger partial charge in [0.25, 0.3) is 5.56 Å². The van der Waals surface area contributed by atoms with Gasteiger partial charge in [0, 0.05) is 19.5 Å². The lowest BCUT2D eigenvalue weighted by molar-refractivity contribution is -0.138. The van der Waals surface area contributed by atoms with Gasteiger partial charge in [-0.25, -0.2) is 4.98 Å². The summed E-state index contributed by atoms with van der Waals surface area (Å²) in [5.41, 5.74) is -0.624. The van der Waals surface area contributed by atoms with Gasteiger partial charge >= 0.3 is 5.97 Å². The van der Waals surface area contributed by atoms with Crippen molar-refractivity contribution < 1.29 is 9.90 Å². The van der Waals surface area contributed by atoms with Crippen LogP contribution in [-0.4, -0.2) is 33.6 Å². The van der Waals surface area contributed by atoms with E-state index < -0.39 is 11.5 Å². The molecule has 2 rings (SSSR count). The molecular weight excluding hydrogens is 270 g/mol. The number of nitrogens with one attached hydrogen (secondary N) is 1. The highest BCUT2D eigenvalue weighted by atomic mass is 16.4. The first-order chi connectivity index (χ1) is 9.97. The molecule has 1 fully saturated rings. The fourth-order valence-corrected chi connectivity index (χ4v) is 3.20. The van der Waals surface area contributed by atoms with Gasteiger partial charge in [-0.15, -0.1) is 0 Å². The van der Waals surface area contributed by atoms with Crippen LogP contribution in [0.5, 0.6) is 0 Å². The summed E-state index contributed by atoms with van der Waals surface area (Å²) in [6.45, 7) is 1.93. The lowest BCUT2D eigenvalue weighted by Gasteiger charge is -2.44. The number of anilines is 1. The third-order valence-electron chi connectivity index (χ3n) is 4.43. The van der Waals surface area contributed by atoms with Crippen molar-refractivity contribution in [2.24, 2.45) is 0 Å². The molecule has 2 N–H and O–H groups in total. The first-order valence-electron chi connectivity index (χ1n) is 7.53. The van der Waals surface area contributed by atoms with Crippen LogP contribution >= 0.6 is 0 Å². The minimum Gasteiger partial charge on any atom is -0.481 e. The summed E-state index contributed by atoms with van der Waals surface area (Å²) in [6, 6.07) is 1.46. The molecule has 116 valence electrons. The average molecular weight is 293 g/mol. The van der Waals surface area contributed by atoms with Crippen LogP contribution < -0.4 is 10.5 Å². The Kier molecular flexibility index (Phi) is 4.65. The summed E-state index contributed by atoms with van der Waals surface area (Å²) in [5.74, 6) is 0.397. The van der Waals surface area contributed by atoms with E-state index in [4.69, 9.17) is 0 Å². The molecule has 1 saturated carbocycles. The van der Waals surface area contributed by atoms with Gasteiger partial charge in [0.1, 0.15) is 11.6 Å². The predicted octanol–water partition coefficient (Wildman–Crippen LogP) is 1.95. The first-order valence-corrected chi connectivity index (χ1v) is 7.53. The van der Waals surface area contributed by atoms with Crippen LogP contribution in [0.4, 0.5) is 5.82 Å². The quantitative estimate of drug-likeness (QED) is 0.866. The molecule has 0 bridgehead atoms. The highest BCUT2D eigenvalue weighted by Crippen LogP contribution is 2.37. The topological polar surface area (TPSA) is 86.3 Å². The van der Waals surface area contributed by atoms with Gasteiger partial charge in [-0.3, -0.25) is 9.59 Å². The van der Waals surface area contributed by atoms with Crippen molar-refractivity contribution in [3.05, 3.63) is 22.2 Å². The number of aromatic amines is 1. The third-order valence-corrected chi connectivity index (χ3v) is 4.43. The number of carboxylic acids is 1. The van der Waals surface area contributed by atoms with E-state index in [1.807, 2.05) is 18.9 Å². The molecule has 1 heterocycles. The Morgan fingerprint density at radius 1 is 1.43 bits per heavy atom. The lowest BCUT2D eigenvalue weighted by Crippen LogP contribution is -2.50. The SMILES string of the molecule is CCc1nc(N(C)C2(CC(=O)O)CCCCC2)cc(=O)[nH]1. The molecule has 0 spiro atoms. The Balaban J connectivity index is 2.37. The Morgan fingerprint density at radius 3 is 2.67 bits per heavy atom. The van der Waals surface area contributed by atoms with Crippen molar-refractivity contribution in [2.45, 2.75) is 57.4 Å². The van der Waals surface area contributed by atoms with Crippen LogP contribution in [0.25, 0.3) is 0 Å². The number of hydrogen-bond donors (Lipinski definition) is 2. The van der Waals surface area contributed by atoms with Crippen LogP contribution in [0.2, 0.25) is 0 Å². The van der Waals surface area contributed by atoms with E-state index >= 15 is 0 Å². The summed E-state index contributed by atoms with van der Waals surface area (Å²) in [4.78, 5) is 32.1. The van der Waals surface area contributed by atoms with Crippen molar-refractivity contribution in [3.8, 4) is 0 Å². The number of rotatable bonds is 5. The Labute approximate surface area is 124 Å². The smallest absolute Gasteiger partial charge is 0.305 e. The highest BCUT2D eigenvalue weighted by Gasteiger charge is 2.39. The van der Waals surface area contributed by atoms with Gasteiger partial charge in [0.05, 0.1) is 12.0 Å². The number of aliphatic carboxylic acids is 1. The highest BCUT2D eigenvalue weighted by molar-refractivity contribution is 5.69. The number of nitrogens with zero attached hydrogens (tertiary/aromatic N) is 2. The number of carboxylic acid groups (broad SMARTS) is 1. The zero-order valence-electron chi connectivity index (χ0n) is 12.7. The fraction of sp³-hybridized carbons (Fsp3) is 0.667. The molecule has 0 unspecified atom stereocenters. The van der Waals surface area contributed by atoms with Crippen molar-refractivity contribution in [1.82, 2.24) is 9.97 Å². The van der Waals surface area contributed by atoms with E-state index in [9.17, 15) is 14.7 Å². The molecule has 0 aromatic carbocycles. The second kappa shape index (κ2) is 6.28. The van der Waals surface area contributed by atoms with Crippen molar-refractivity contribution in [2.75, 3.05) is 11.9 Å². The number of aryl methyl sites for hydroxylation is 1. The monoisotopic (exact) mass is 293 g/mol. The van der Waals surface area contributed by atoms with Crippen LogP contribution in [0.3, 0.4) is 0 Å². The minimum atomic E-state index is -0.802. The predicted molar refractivity (Wildman–Crippen MR) is 80.7 cm³/mol. The molecule has 1 aliphatic rings. The zero-order valence-corrected chi connectivity index (χ0v) is 12.7. The van der Waals surface area contributed by atoms with E-state index in [-0.39, 0.29) is 12.0 Å². The summed E-state index contributed by atoms with van der Waals surface area (Å²) in [5, 5.41) is 9.27. The van der Waals surface area contributed by atoms with Crippen molar-refractivity contribution >= 4 is 11.8 Å². The maximum Gasteiger partial charge on any atom is 0.305 e. The third kappa shape index (κ3) is 3.43. The molecule has 6 heteroatoms. The van der Waals surface area contributed by atoms with E-state index in [1.165, 1.54) is 6.07 Å². The molecule has 0 radical (unpaired) electrons. The van der Waals surface area contributed by atoms with E-state index in [0.717, 1.165) is 32.1 Å². The summed E-state index contributed by atoms with van der Waals surface area (Å²) < 4.78 is 0. The Hall–Kier alpha value is -1.85. The Morgan fingerprint density at radius 2 is 2.10 bits per heavy atom. The van der Waals surface area contributed by atoms with Crippen LogP contribution in [0.1, 0.15) is 51.3 Å². The fourth-order valence-electron chi connectivity index (χ4n) is 3.20. The van der Waals surface area contributed by atoms with E-state index in [1.54, 1.807) is 0 Å². The number of hydrogen-bond acceptors (Lipinski definition) is 4. The summed E-state index contributed by atoms with van der Waals surface area (Å²) in [7, 11) is 1.86. The second-order valence-corrected chi connectivity index (χ2v) is 5.82. The lowest BCUT2D eigenvalue weighted by atomic mass is 9.78. The Bertz CT molecular complexity index is 562. The largest absolute Gasteiger partial charge is 0.481 e. The average Bonchev–Trinajstić information content (AvgIpc) is 2.46. The van der Waals surface area contributed by atoms with Gasteiger partial charge in [-0.2, -0.15) is 0 Å². The molecular formula is C15H23N3O3. The van der Waals surface area contributed by atoms with Gasteiger partial charge in [0.2, 0.25) is 0 Å². The maximum absolute atomic E-state index is 11.7. The second-order valence-electron chi connectivity index (χ2n) is 5.82. The number of H-pyrrole nitrogens is 1. The molecule has 6 nitrogen and oxygen atoms in total. The number of aromatic nitrogens is 2. The molecule has 0 amide bonds. The van der Waals surface area contributed by atoms with Crippen LogP contribution in [0.15, 0.2) is 10.9 Å². The van der Waals surface area contributed by atoms with E-state index in [2.05, 4.69) is 9.97 Å². The molecule has 0 atom stereocenters. The normalized spacial score (nSPS) is 17.4. The van der Waals surface area contributed by atoms with Crippen molar-refractivity contribution in [1.29, 1.82) is 0 Å². The molecule has 0 saturated heterocycles. The van der Waals surface area contributed by atoms with E-state index in [0.29, 0.717) is 18.1 Å². The molecule has 21 heavy (non-hydrogen) atoms. The van der Waals surface area contributed by atoms with Gasteiger partial charge in [0.15, 0.2) is 0 Å². The molecule has 1 aliphatic carbocycles.